The third kappa shape index (κ3) is 4.59. The summed E-state index contributed by atoms with van der Waals surface area (Å²) < 4.78 is 53.3. The third-order valence-electron chi connectivity index (χ3n) is 3.04. The second-order valence-electron chi connectivity index (χ2n) is 4.92. The lowest BCUT2D eigenvalue weighted by Gasteiger charge is -2.14. The normalized spacial score (nSPS) is 12.7. The maximum Gasteiger partial charge on any atom is 0.242 e. The van der Waals surface area contributed by atoms with Crippen LogP contribution in [0, 0.1) is 11.6 Å². The lowest BCUT2D eigenvalue weighted by molar-refractivity contribution is -0.117. The summed E-state index contributed by atoms with van der Waals surface area (Å²) in [6.45, 7) is 1.34. The molecule has 2 N–H and O–H groups in total. The summed E-state index contributed by atoms with van der Waals surface area (Å²) in [6, 6.07) is 7.60. The van der Waals surface area contributed by atoms with Gasteiger partial charge in [0.05, 0.1) is 10.9 Å². The fourth-order valence-corrected chi connectivity index (χ4v) is 3.26. The largest absolute Gasteiger partial charge is 0.325 e. The van der Waals surface area contributed by atoms with Crippen molar-refractivity contribution >= 4 is 37.5 Å². The molecule has 0 aromatic heterocycles. The Balaban J connectivity index is 2.07. The molecule has 0 fully saturated rings. The summed E-state index contributed by atoms with van der Waals surface area (Å²) in [5, 5.41) is 2.31. The van der Waals surface area contributed by atoms with Crippen molar-refractivity contribution in [3.63, 3.8) is 0 Å². The van der Waals surface area contributed by atoms with Crippen molar-refractivity contribution in [3.05, 3.63) is 58.6 Å². The number of anilines is 1. The summed E-state index contributed by atoms with van der Waals surface area (Å²) in [7, 11) is -3.89. The molecule has 1 amide bonds. The highest BCUT2D eigenvalue weighted by atomic mass is 79.9. The van der Waals surface area contributed by atoms with Crippen LogP contribution in [-0.4, -0.2) is 20.4 Å². The van der Waals surface area contributed by atoms with Gasteiger partial charge in [-0.2, -0.15) is 4.72 Å². The Kier molecular flexibility index (Phi) is 5.68. The van der Waals surface area contributed by atoms with E-state index >= 15 is 0 Å². The van der Waals surface area contributed by atoms with E-state index in [2.05, 4.69) is 26.0 Å². The van der Waals surface area contributed by atoms with Crippen LogP contribution in [0.25, 0.3) is 0 Å². The number of sulfonamides is 1. The van der Waals surface area contributed by atoms with E-state index in [-0.39, 0.29) is 10.6 Å². The highest BCUT2D eigenvalue weighted by Gasteiger charge is 2.22. The molecule has 9 heteroatoms. The summed E-state index contributed by atoms with van der Waals surface area (Å²) in [6.07, 6.45) is 0. The van der Waals surface area contributed by atoms with Crippen molar-refractivity contribution in [2.24, 2.45) is 0 Å². The van der Waals surface area contributed by atoms with E-state index in [0.717, 1.165) is 12.1 Å². The van der Waals surface area contributed by atoms with Gasteiger partial charge in [-0.3, -0.25) is 4.79 Å². The molecule has 0 heterocycles. The van der Waals surface area contributed by atoms with Crippen molar-refractivity contribution in [1.29, 1.82) is 0 Å². The third-order valence-corrected chi connectivity index (χ3v) is 5.12. The van der Waals surface area contributed by atoms with Gasteiger partial charge in [0.2, 0.25) is 15.9 Å². The van der Waals surface area contributed by atoms with Gasteiger partial charge < -0.3 is 5.32 Å². The van der Waals surface area contributed by atoms with E-state index in [9.17, 15) is 22.0 Å². The lowest BCUT2D eigenvalue weighted by atomic mass is 10.2. The monoisotopic (exact) mass is 418 g/mol. The van der Waals surface area contributed by atoms with E-state index in [1.807, 2.05) is 0 Å². The van der Waals surface area contributed by atoms with Crippen LogP contribution in [0.1, 0.15) is 6.92 Å². The molecule has 0 aliphatic heterocycles. The minimum atomic E-state index is -3.89. The van der Waals surface area contributed by atoms with Crippen LogP contribution >= 0.6 is 15.9 Å². The lowest BCUT2D eigenvalue weighted by Crippen LogP contribution is -2.41. The van der Waals surface area contributed by atoms with E-state index in [0.29, 0.717) is 4.47 Å². The summed E-state index contributed by atoms with van der Waals surface area (Å²) in [5.74, 6) is -2.87. The smallest absolute Gasteiger partial charge is 0.242 e. The first kappa shape index (κ1) is 18.5. The molecule has 2 rings (SSSR count). The minimum Gasteiger partial charge on any atom is -0.325 e. The number of amides is 1. The number of hydrogen-bond acceptors (Lipinski definition) is 3. The Labute approximate surface area is 146 Å². The zero-order valence-electron chi connectivity index (χ0n) is 12.4. The Bertz CT molecular complexity index is 858. The highest BCUT2D eigenvalue weighted by Crippen LogP contribution is 2.16. The molecule has 0 spiro atoms. The molecule has 2 aromatic carbocycles. The Morgan fingerprint density at radius 2 is 1.71 bits per heavy atom. The predicted octanol–water partition coefficient (Wildman–Crippen LogP) is 3.03. The molecule has 0 saturated heterocycles. The van der Waals surface area contributed by atoms with Gasteiger partial charge in [0, 0.05) is 16.2 Å². The zero-order chi connectivity index (χ0) is 17.9. The molecule has 1 atom stereocenters. The maximum absolute atomic E-state index is 13.1. The molecule has 2 aromatic rings. The van der Waals surface area contributed by atoms with Crippen molar-refractivity contribution in [2.75, 3.05) is 5.32 Å². The van der Waals surface area contributed by atoms with Crippen molar-refractivity contribution in [3.8, 4) is 0 Å². The van der Waals surface area contributed by atoms with Crippen LogP contribution in [0.15, 0.2) is 51.8 Å². The van der Waals surface area contributed by atoms with Crippen LogP contribution < -0.4 is 10.0 Å². The van der Waals surface area contributed by atoms with Crippen molar-refractivity contribution in [2.45, 2.75) is 17.9 Å². The Hall–Kier alpha value is -1.84. The molecule has 24 heavy (non-hydrogen) atoms. The molecule has 0 bridgehead atoms. The molecule has 5 nitrogen and oxygen atoms in total. The predicted molar refractivity (Wildman–Crippen MR) is 88.9 cm³/mol. The molecule has 0 aliphatic carbocycles. The highest BCUT2D eigenvalue weighted by molar-refractivity contribution is 9.10. The molecule has 128 valence electrons. The van der Waals surface area contributed by atoms with Gasteiger partial charge in [0.25, 0.3) is 0 Å². The zero-order valence-corrected chi connectivity index (χ0v) is 14.8. The fraction of sp³-hybridized carbons (Fsp3) is 0.133. The summed E-state index contributed by atoms with van der Waals surface area (Å²) >= 11 is 3.20. The van der Waals surface area contributed by atoms with E-state index in [4.69, 9.17) is 0 Å². The van der Waals surface area contributed by atoms with Gasteiger partial charge in [-0.05, 0) is 43.3 Å². The first-order valence-corrected chi connectivity index (χ1v) is 9.00. The molecule has 0 aliphatic rings. The molecular formula is C15H13BrF2N2O3S. The number of carbonyl (C=O) groups excluding carboxylic acids is 1. The first-order valence-electron chi connectivity index (χ1n) is 6.73. The minimum absolute atomic E-state index is 0.00169. The van der Waals surface area contributed by atoms with Crippen LogP contribution in [0.4, 0.5) is 14.5 Å². The van der Waals surface area contributed by atoms with Gasteiger partial charge >= 0.3 is 0 Å². The van der Waals surface area contributed by atoms with Crippen LogP contribution in [0.2, 0.25) is 0 Å². The van der Waals surface area contributed by atoms with E-state index in [1.54, 1.807) is 12.1 Å². The SMILES string of the molecule is CC(NS(=O)(=O)c1ccc(Br)cc1)C(=O)Nc1ccc(F)c(F)c1. The molecular weight excluding hydrogens is 406 g/mol. The van der Waals surface area contributed by atoms with E-state index in [1.165, 1.54) is 25.1 Å². The Morgan fingerprint density at radius 3 is 2.29 bits per heavy atom. The van der Waals surface area contributed by atoms with Crippen LogP contribution in [0.3, 0.4) is 0 Å². The second kappa shape index (κ2) is 7.37. The van der Waals surface area contributed by atoms with Gasteiger partial charge in [0.1, 0.15) is 0 Å². The van der Waals surface area contributed by atoms with Gasteiger partial charge in [-0.1, -0.05) is 15.9 Å². The number of nitrogens with one attached hydrogen (secondary N) is 2. The van der Waals surface area contributed by atoms with Gasteiger partial charge in [0.15, 0.2) is 11.6 Å². The first-order chi connectivity index (χ1) is 11.2. The second-order valence-corrected chi connectivity index (χ2v) is 7.54. The van der Waals surface area contributed by atoms with Gasteiger partial charge in [-0.25, -0.2) is 17.2 Å². The van der Waals surface area contributed by atoms with Crippen LogP contribution in [0.5, 0.6) is 0 Å². The fourth-order valence-electron chi connectivity index (χ4n) is 1.79. The van der Waals surface area contributed by atoms with Crippen molar-refractivity contribution in [1.82, 2.24) is 4.72 Å². The number of carbonyl (C=O) groups is 1. The average molecular weight is 419 g/mol. The average Bonchev–Trinajstić information content (AvgIpc) is 2.51. The number of rotatable bonds is 5. The number of benzene rings is 2. The molecule has 0 saturated carbocycles. The van der Waals surface area contributed by atoms with Crippen LogP contribution in [-0.2, 0) is 14.8 Å². The maximum atomic E-state index is 13.1. The number of halogens is 3. The Morgan fingerprint density at radius 1 is 1.08 bits per heavy atom. The van der Waals surface area contributed by atoms with E-state index < -0.39 is 33.6 Å². The summed E-state index contributed by atoms with van der Waals surface area (Å²) in [5.41, 5.74) is 0.0218. The standard InChI is InChI=1S/C15H13BrF2N2O3S/c1-9(15(21)19-11-4-7-13(17)14(18)8-11)20-24(22,23)12-5-2-10(16)3-6-12/h2-9,20H,1H3,(H,19,21). The molecule has 1 unspecified atom stereocenters. The van der Waals surface area contributed by atoms with Crippen molar-refractivity contribution < 1.29 is 22.0 Å². The topological polar surface area (TPSA) is 75.3 Å². The number of hydrogen-bond donors (Lipinski definition) is 2. The van der Waals surface area contributed by atoms with Gasteiger partial charge in [-0.15, -0.1) is 0 Å². The summed E-state index contributed by atoms with van der Waals surface area (Å²) in [4.78, 5) is 12.0. The molecule has 0 radical (unpaired) electrons. The quantitative estimate of drug-likeness (QED) is 0.783.